The molecule has 0 radical (unpaired) electrons. The highest BCUT2D eigenvalue weighted by atomic mass is 16.5. The number of furan rings is 1. The molecule has 4 heterocycles. The van der Waals surface area contributed by atoms with Crippen LogP contribution in [0, 0.1) is 0 Å². The number of para-hydroxylation sites is 1. The van der Waals surface area contributed by atoms with Crippen LogP contribution in [0.25, 0.3) is 22.4 Å². The predicted octanol–water partition coefficient (Wildman–Crippen LogP) is 3.91. The van der Waals surface area contributed by atoms with Crippen LogP contribution in [0.5, 0.6) is 11.8 Å². The van der Waals surface area contributed by atoms with Gasteiger partial charge in [-0.3, -0.25) is 0 Å². The van der Waals surface area contributed by atoms with E-state index < -0.39 is 0 Å². The number of ether oxygens (including phenoxy) is 2. The molecule has 7 nitrogen and oxygen atoms in total. The second kappa shape index (κ2) is 7.28. The molecular weight excluding hydrogens is 356 g/mol. The number of anilines is 1. The Labute approximate surface area is 161 Å². The standard InChI is InChI=1S/C21H18N4O3/c1-2-5-16(6-3-1)28-21-23-17-13-15(18-7-4-10-27-18)14-22-19(17)20(24-21)25-8-11-26-12-9-25/h1-7,10,13-14H,8-9,11-12H2. The quantitative estimate of drug-likeness (QED) is 0.536. The maximum atomic E-state index is 5.92. The van der Waals surface area contributed by atoms with Crippen LogP contribution in [0.1, 0.15) is 0 Å². The number of nitrogens with zero attached hydrogens (tertiary/aromatic N) is 4. The van der Waals surface area contributed by atoms with Crippen molar-refractivity contribution in [3.05, 3.63) is 61.0 Å². The van der Waals surface area contributed by atoms with E-state index in [0.717, 1.165) is 35.7 Å². The van der Waals surface area contributed by atoms with Crippen LogP contribution in [0.15, 0.2) is 65.4 Å². The second-order valence-corrected chi connectivity index (χ2v) is 6.41. The van der Waals surface area contributed by atoms with Crippen molar-refractivity contribution in [2.75, 3.05) is 31.2 Å². The van der Waals surface area contributed by atoms with Crippen LogP contribution in [0.3, 0.4) is 0 Å². The van der Waals surface area contributed by atoms with E-state index in [-0.39, 0.29) is 0 Å². The summed E-state index contributed by atoms with van der Waals surface area (Å²) in [6, 6.07) is 15.5. The lowest BCUT2D eigenvalue weighted by Crippen LogP contribution is -2.37. The summed E-state index contributed by atoms with van der Waals surface area (Å²) in [5.74, 6) is 2.18. The molecule has 0 N–H and O–H groups in total. The van der Waals surface area contributed by atoms with Gasteiger partial charge in [-0.2, -0.15) is 9.97 Å². The van der Waals surface area contributed by atoms with E-state index in [1.165, 1.54) is 0 Å². The number of hydrogen-bond donors (Lipinski definition) is 0. The summed E-state index contributed by atoms with van der Waals surface area (Å²) in [7, 11) is 0. The maximum absolute atomic E-state index is 5.92. The van der Waals surface area contributed by atoms with Crippen molar-refractivity contribution in [2.45, 2.75) is 0 Å². The first-order valence-corrected chi connectivity index (χ1v) is 9.14. The zero-order valence-corrected chi connectivity index (χ0v) is 15.1. The number of aromatic nitrogens is 3. The highest BCUT2D eigenvalue weighted by molar-refractivity contribution is 5.88. The fraction of sp³-hybridized carbons (Fsp3) is 0.190. The van der Waals surface area contributed by atoms with Crippen molar-refractivity contribution >= 4 is 16.9 Å². The van der Waals surface area contributed by atoms with Gasteiger partial charge in [-0.25, -0.2) is 4.98 Å². The Balaban J connectivity index is 1.62. The van der Waals surface area contributed by atoms with Gasteiger partial charge in [-0.1, -0.05) is 18.2 Å². The summed E-state index contributed by atoms with van der Waals surface area (Å²) in [6.45, 7) is 2.81. The number of morpholine rings is 1. The first-order valence-electron chi connectivity index (χ1n) is 9.14. The average molecular weight is 374 g/mol. The molecule has 7 heteroatoms. The normalized spacial score (nSPS) is 14.4. The molecule has 1 fully saturated rings. The van der Waals surface area contributed by atoms with E-state index in [2.05, 4.69) is 19.9 Å². The van der Waals surface area contributed by atoms with Crippen LogP contribution in [0.2, 0.25) is 0 Å². The summed E-state index contributed by atoms with van der Waals surface area (Å²) in [5.41, 5.74) is 2.30. The monoisotopic (exact) mass is 374 g/mol. The van der Waals surface area contributed by atoms with Crippen molar-refractivity contribution in [3.63, 3.8) is 0 Å². The van der Waals surface area contributed by atoms with Crippen molar-refractivity contribution < 1.29 is 13.9 Å². The molecular formula is C21H18N4O3. The number of rotatable bonds is 4. The minimum atomic E-state index is 0.290. The zero-order chi connectivity index (χ0) is 18.8. The summed E-state index contributed by atoms with van der Waals surface area (Å²) < 4.78 is 16.9. The van der Waals surface area contributed by atoms with E-state index in [1.807, 2.05) is 48.5 Å². The number of fused-ring (bicyclic) bond motifs is 1. The smallest absolute Gasteiger partial charge is 0.324 e. The summed E-state index contributed by atoms with van der Waals surface area (Å²) in [6.07, 6.45) is 3.43. The van der Waals surface area contributed by atoms with Gasteiger partial charge in [0.15, 0.2) is 5.82 Å². The van der Waals surface area contributed by atoms with E-state index in [0.29, 0.717) is 30.5 Å². The Bertz CT molecular complexity index is 1080. The summed E-state index contributed by atoms with van der Waals surface area (Å²) in [5, 5.41) is 0. The Morgan fingerprint density at radius 1 is 0.964 bits per heavy atom. The molecule has 5 rings (SSSR count). The number of hydrogen-bond acceptors (Lipinski definition) is 7. The van der Waals surface area contributed by atoms with E-state index in [1.54, 1.807) is 12.5 Å². The van der Waals surface area contributed by atoms with Gasteiger partial charge in [0.1, 0.15) is 17.0 Å². The fourth-order valence-electron chi connectivity index (χ4n) is 3.20. The molecule has 1 aliphatic heterocycles. The van der Waals surface area contributed by atoms with Crippen molar-refractivity contribution in [1.29, 1.82) is 0 Å². The number of benzene rings is 1. The lowest BCUT2D eigenvalue weighted by molar-refractivity contribution is 0.122. The van der Waals surface area contributed by atoms with E-state index in [4.69, 9.17) is 13.9 Å². The first-order chi connectivity index (χ1) is 13.9. The molecule has 1 saturated heterocycles. The Morgan fingerprint density at radius 3 is 2.61 bits per heavy atom. The van der Waals surface area contributed by atoms with Crippen molar-refractivity contribution in [1.82, 2.24) is 15.0 Å². The van der Waals surface area contributed by atoms with Gasteiger partial charge >= 0.3 is 6.01 Å². The molecule has 0 saturated carbocycles. The molecule has 0 unspecified atom stereocenters. The zero-order valence-electron chi connectivity index (χ0n) is 15.1. The largest absolute Gasteiger partial charge is 0.464 e. The minimum Gasteiger partial charge on any atom is -0.464 e. The Hall–Kier alpha value is -3.45. The van der Waals surface area contributed by atoms with Crippen molar-refractivity contribution in [2.24, 2.45) is 0 Å². The third-order valence-electron chi connectivity index (χ3n) is 4.57. The van der Waals surface area contributed by atoms with Gasteiger partial charge in [0.05, 0.1) is 25.0 Å². The first kappa shape index (κ1) is 16.7. The molecule has 140 valence electrons. The molecule has 28 heavy (non-hydrogen) atoms. The molecule has 3 aromatic heterocycles. The Kier molecular flexibility index (Phi) is 4.34. The highest BCUT2D eigenvalue weighted by Crippen LogP contribution is 2.30. The molecule has 0 amide bonds. The van der Waals surface area contributed by atoms with E-state index >= 15 is 0 Å². The molecule has 1 aliphatic rings. The summed E-state index contributed by atoms with van der Waals surface area (Å²) >= 11 is 0. The molecule has 1 aromatic carbocycles. The van der Waals surface area contributed by atoms with Gasteiger partial charge in [-0.05, 0) is 30.3 Å². The lowest BCUT2D eigenvalue weighted by atomic mass is 10.2. The molecule has 0 aliphatic carbocycles. The third kappa shape index (κ3) is 3.27. The van der Waals surface area contributed by atoms with Crippen LogP contribution >= 0.6 is 0 Å². The topological polar surface area (TPSA) is 73.5 Å². The summed E-state index contributed by atoms with van der Waals surface area (Å²) in [4.78, 5) is 16.1. The van der Waals surface area contributed by atoms with Crippen LogP contribution < -0.4 is 9.64 Å². The number of pyridine rings is 1. The van der Waals surface area contributed by atoms with Gasteiger partial charge in [0.2, 0.25) is 0 Å². The van der Waals surface area contributed by atoms with Gasteiger partial charge in [-0.15, -0.1) is 0 Å². The van der Waals surface area contributed by atoms with Crippen LogP contribution in [0.4, 0.5) is 5.82 Å². The Morgan fingerprint density at radius 2 is 1.82 bits per heavy atom. The highest BCUT2D eigenvalue weighted by Gasteiger charge is 2.20. The van der Waals surface area contributed by atoms with E-state index in [9.17, 15) is 0 Å². The molecule has 0 spiro atoms. The van der Waals surface area contributed by atoms with Crippen LogP contribution in [-0.4, -0.2) is 41.3 Å². The van der Waals surface area contributed by atoms with Gasteiger partial charge < -0.3 is 18.8 Å². The minimum absolute atomic E-state index is 0.290. The molecule has 4 aromatic rings. The van der Waals surface area contributed by atoms with Crippen LogP contribution in [-0.2, 0) is 4.74 Å². The van der Waals surface area contributed by atoms with Crippen molar-refractivity contribution in [3.8, 4) is 23.1 Å². The lowest BCUT2D eigenvalue weighted by Gasteiger charge is -2.28. The molecule has 0 atom stereocenters. The van der Waals surface area contributed by atoms with Gasteiger partial charge in [0.25, 0.3) is 0 Å². The average Bonchev–Trinajstić information content (AvgIpc) is 3.29. The predicted molar refractivity (Wildman–Crippen MR) is 105 cm³/mol. The maximum Gasteiger partial charge on any atom is 0.324 e. The van der Waals surface area contributed by atoms with Gasteiger partial charge in [0, 0.05) is 24.8 Å². The molecule has 0 bridgehead atoms. The second-order valence-electron chi connectivity index (χ2n) is 6.41. The third-order valence-corrected chi connectivity index (χ3v) is 4.57. The fourth-order valence-corrected chi connectivity index (χ4v) is 3.20. The SMILES string of the molecule is c1ccc(Oc2nc(N3CCOCC3)c3ncc(-c4ccco4)cc3n2)cc1.